The fourth-order valence-electron chi connectivity index (χ4n) is 2.29. The molecule has 1 aromatic carbocycles. The van der Waals surface area contributed by atoms with Gasteiger partial charge in [-0.2, -0.15) is 0 Å². The van der Waals surface area contributed by atoms with E-state index in [0.717, 1.165) is 12.2 Å². The van der Waals surface area contributed by atoms with Crippen LogP contribution in [0.25, 0.3) is 0 Å². The van der Waals surface area contributed by atoms with Gasteiger partial charge in [0.2, 0.25) is 0 Å². The molecule has 22 heavy (non-hydrogen) atoms. The second kappa shape index (κ2) is 8.03. The van der Waals surface area contributed by atoms with Gasteiger partial charge in [-0.05, 0) is 52.3 Å². The van der Waals surface area contributed by atoms with Crippen molar-refractivity contribution in [3.63, 3.8) is 0 Å². The Labute approximate surface area is 133 Å². The van der Waals surface area contributed by atoms with Gasteiger partial charge in [-0.3, -0.25) is 0 Å². The average molecular weight is 307 g/mol. The number of anilines is 1. The molecule has 0 fully saturated rings. The van der Waals surface area contributed by atoms with Crippen LogP contribution in [0.3, 0.4) is 0 Å². The summed E-state index contributed by atoms with van der Waals surface area (Å²) in [6.07, 6.45) is -0.411. The molecule has 5 heteroatoms. The molecule has 0 aliphatic carbocycles. The first-order valence-electron chi connectivity index (χ1n) is 7.77. The first-order chi connectivity index (χ1) is 10.3. The molecule has 1 aromatic rings. The highest BCUT2D eigenvalue weighted by Crippen LogP contribution is 2.18. The Hall–Kier alpha value is -1.75. The molecule has 1 atom stereocenters. The predicted molar refractivity (Wildman–Crippen MR) is 91.3 cm³/mol. The highest BCUT2D eigenvalue weighted by atomic mass is 16.6. The Morgan fingerprint density at radius 2 is 2.09 bits per heavy atom. The number of amides is 1. The standard InChI is InChI=1S/C17H29N3O2/c1-6-20(14-9-7-8-13(2)10-14)15(11-18)12-19-16(21)22-17(3,4)5/h7-10,15H,6,11-12,18H2,1-5H3,(H,19,21). The van der Waals surface area contributed by atoms with E-state index in [1.54, 1.807) is 0 Å². The number of hydrogen-bond acceptors (Lipinski definition) is 4. The Morgan fingerprint density at radius 3 is 2.59 bits per heavy atom. The van der Waals surface area contributed by atoms with Crippen LogP contribution >= 0.6 is 0 Å². The summed E-state index contributed by atoms with van der Waals surface area (Å²) in [4.78, 5) is 14.0. The summed E-state index contributed by atoms with van der Waals surface area (Å²) in [5.74, 6) is 0. The van der Waals surface area contributed by atoms with E-state index in [1.807, 2.05) is 26.8 Å². The highest BCUT2D eigenvalue weighted by molar-refractivity contribution is 5.67. The second-order valence-electron chi connectivity index (χ2n) is 6.40. The Bertz CT molecular complexity index is 483. The lowest BCUT2D eigenvalue weighted by Crippen LogP contribution is -2.49. The monoisotopic (exact) mass is 307 g/mol. The minimum Gasteiger partial charge on any atom is -0.444 e. The minimum absolute atomic E-state index is 0.0271. The van der Waals surface area contributed by atoms with Crippen molar-refractivity contribution in [2.45, 2.75) is 46.3 Å². The normalized spacial score (nSPS) is 12.6. The molecule has 1 unspecified atom stereocenters. The van der Waals surface area contributed by atoms with E-state index < -0.39 is 11.7 Å². The highest BCUT2D eigenvalue weighted by Gasteiger charge is 2.20. The summed E-state index contributed by atoms with van der Waals surface area (Å²) in [6.45, 7) is 11.4. The van der Waals surface area contributed by atoms with Crippen molar-refractivity contribution in [1.82, 2.24) is 5.32 Å². The lowest BCUT2D eigenvalue weighted by atomic mass is 10.1. The van der Waals surface area contributed by atoms with Crippen LogP contribution in [-0.2, 0) is 4.74 Å². The maximum Gasteiger partial charge on any atom is 0.407 e. The number of likely N-dealkylation sites (N-methyl/N-ethyl adjacent to an activating group) is 1. The van der Waals surface area contributed by atoms with E-state index in [-0.39, 0.29) is 6.04 Å². The molecule has 0 saturated heterocycles. The van der Waals surface area contributed by atoms with Crippen LogP contribution in [0.4, 0.5) is 10.5 Å². The third-order valence-electron chi connectivity index (χ3n) is 3.27. The van der Waals surface area contributed by atoms with Gasteiger partial charge in [0, 0.05) is 25.3 Å². The van der Waals surface area contributed by atoms with Gasteiger partial charge >= 0.3 is 6.09 Å². The van der Waals surface area contributed by atoms with Crippen molar-refractivity contribution in [2.75, 3.05) is 24.5 Å². The summed E-state index contributed by atoms with van der Waals surface area (Å²) in [7, 11) is 0. The molecule has 0 aliphatic heterocycles. The molecule has 3 N–H and O–H groups in total. The number of hydrogen-bond donors (Lipinski definition) is 2. The molecular weight excluding hydrogens is 278 g/mol. The van der Waals surface area contributed by atoms with Gasteiger partial charge in [-0.1, -0.05) is 12.1 Å². The Kier molecular flexibility index (Phi) is 6.68. The van der Waals surface area contributed by atoms with E-state index in [1.165, 1.54) is 5.56 Å². The zero-order chi connectivity index (χ0) is 16.8. The van der Waals surface area contributed by atoms with Crippen LogP contribution in [0.15, 0.2) is 24.3 Å². The topological polar surface area (TPSA) is 67.6 Å². The molecule has 0 radical (unpaired) electrons. The molecule has 0 aliphatic rings. The quantitative estimate of drug-likeness (QED) is 0.848. The molecule has 124 valence electrons. The maximum absolute atomic E-state index is 11.8. The SMILES string of the molecule is CCN(c1cccc(C)c1)C(CN)CNC(=O)OC(C)(C)C. The van der Waals surface area contributed by atoms with E-state index >= 15 is 0 Å². The van der Waals surface area contributed by atoms with Crippen LogP contribution in [0.5, 0.6) is 0 Å². The molecule has 0 bridgehead atoms. The van der Waals surface area contributed by atoms with Gasteiger partial charge in [-0.15, -0.1) is 0 Å². The van der Waals surface area contributed by atoms with Crippen LogP contribution in [0.1, 0.15) is 33.3 Å². The zero-order valence-corrected chi connectivity index (χ0v) is 14.3. The van der Waals surface area contributed by atoms with Gasteiger partial charge in [-0.25, -0.2) is 4.79 Å². The van der Waals surface area contributed by atoms with Gasteiger partial charge in [0.15, 0.2) is 0 Å². The number of nitrogens with zero attached hydrogens (tertiary/aromatic N) is 1. The maximum atomic E-state index is 11.8. The molecule has 0 heterocycles. The number of benzene rings is 1. The van der Waals surface area contributed by atoms with Gasteiger partial charge in [0.05, 0.1) is 6.04 Å². The summed E-state index contributed by atoms with van der Waals surface area (Å²) in [6, 6.07) is 8.31. The zero-order valence-electron chi connectivity index (χ0n) is 14.3. The van der Waals surface area contributed by atoms with E-state index in [4.69, 9.17) is 10.5 Å². The minimum atomic E-state index is -0.497. The van der Waals surface area contributed by atoms with Crippen molar-refractivity contribution in [2.24, 2.45) is 5.73 Å². The molecule has 0 aromatic heterocycles. The largest absolute Gasteiger partial charge is 0.444 e. The van der Waals surface area contributed by atoms with Crippen LogP contribution in [0.2, 0.25) is 0 Å². The molecule has 0 saturated carbocycles. The molecule has 0 spiro atoms. The summed E-state index contributed by atoms with van der Waals surface area (Å²) in [5.41, 5.74) is 7.72. The van der Waals surface area contributed by atoms with E-state index in [2.05, 4.69) is 42.3 Å². The average Bonchev–Trinajstić information content (AvgIpc) is 2.41. The van der Waals surface area contributed by atoms with E-state index in [0.29, 0.717) is 13.1 Å². The number of alkyl carbamates (subject to hydrolysis) is 1. The number of carbonyl (C=O) groups excluding carboxylic acids is 1. The number of nitrogens with two attached hydrogens (primary N) is 1. The van der Waals surface area contributed by atoms with Gasteiger partial charge in [0.1, 0.15) is 5.60 Å². The first-order valence-corrected chi connectivity index (χ1v) is 7.77. The summed E-state index contributed by atoms with van der Waals surface area (Å²) < 4.78 is 5.26. The molecular formula is C17H29N3O2. The molecule has 1 amide bonds. The van der Waals surface area contributed by atoms with Crippen molar-refractivity contribution in [3.05, 3.63) is 29.8 Å². The fourth-order valence-corrected chi connectivity index (χ4v) is 2.29. The van der Waals surface area contributed by atoms with Gasteiger partial charge < -0.3 is 20.7 Å². The van der Waals surface area contributed by atoms with Crippen LogP contribution in [0, 0.1) is 6.92 Å². The van der Waals surface area contributed by atoms with Crippen LogP contribution in [-0.4, -0.2) is 37.4 Å². The number of nitrogens with one attached hydrogen (secondary N) is 1. The summed E-state index contributed by atoms with van der Waals surface area (Å²) >= 11 is 0. The summed E-state index contributed by atoms with van der Waals surface area (Å²) in [5, 5.41) is 2.81. The van der Waals surface area contributed by atoms with Crippen molar-refractivity contribution in [3.8, 4) is 0 Å². The van der Waals surface area contributed by atoms with Crippen LogP contribution < -0.4 is 16.0 Å². The molecule has 1 rings (SSSR count). The number of aryl methyl sites for hydroxylation is 1. The predicted octanol–water partition coefficient (Wildman–Crippen LogP) is 2.67. The molecule has 5 nitrogen and oxygen atoms in total. The number of rotatable bonds is 6. The van der Waals surface area contributed by atoms with E-state index in [9.17, 15) is 4.79 Å². The fraction of sp³-hybridized carbons (Fsp3) is 0.588. The first kappa shape index (κ1) is 18.3. The van der Waals surface area contributed by atoms with Gasteiger partial charge in [0.25, 0.3) is 0 Å². The number of carbonyl (C=O) groups is 1. The Morgan fingerprint density at radius 1 is 1.41 bits per heavy atom. The lowest BCUT2D eigenvalue weighted by molar-refractivity contribution is 0.0524. The Balaban J connectivity index is 2.70. The smallest absolute Gasteiger partial charge is 0.407 e. The van der Waals surface area contributed by atoms with Crippen molar-refractivity contribution >= 4 is 11.8 Å². The lowest BCUT2D eigenvalue weighted by Gasteiger charge is -2.32. The van der Waals surface area contributed by atoms with Crippen molar-refractivity contribution in [1.29, 1.82) is 0 Å². The third kappa shape index (κ3) is 5.93. The van der Waals surface area contributed by atoms with Crippen molar-refractivity contribution < 1.29 is 9.53 Å². The number of ether oxygens (including phenoxy) is 1. The second-order valence-corrected chi connectivity index (χ2v) is 6.40. The third-order valence-corrected chi connectivity index (χ3v) is 3.27.